The highest BCUT2D eigenvalue weighted by Gasteiger charge is 2.41. The monoisotopic (exact) mass is 449 g/mol. The van der Waals surface area contributed by atoms with E-state index in [4.69, 9.17) is 4.74 Å². The number of carbonyl (C=O) groups excluding carboxylic acids is 1. The van der Waals surface area contributed by atoms with Crippen molar-refractivity contribution in [1.29, 1.82) is 0 Å². The first-order valence-electron chi connectivity index (χ1n) is 11.6. The summed E-state index contributed by atoms with van der Waals surface area (Å²) in [5, 5.41) is 1.09. The molecule has 0 saturated carbocycles. The molecule has 2 fully saturated rings. The van der Waals surface area contributed by atoms with E-state index in [1.165, 1.54) is 11.3 Å². The third kappa shape index (κ3) is 3.92. The summed E-state index contributed by atoms with van der Waals surface area (Å²) in [6.07, 6.45) is -1.12. The number of hydrogen-bond donors (Lipinski definition) is 0. The maximum Gasteiger partial charge on any atom is 0.391 e. The first kappa shape index (κ1) is 21.8. The van der Waals surface area contributed by atoms with Crippen molar-refractivity contribution in [1.82, 2.24) is 14.4 Å². The van der Waals surface area contributed by atoms with E-state index in [-0.39, 0.29) is 31.8 Å². The number of hydrogen-bond acceptors (Lipinski definition) is 3. The molecule has 0 radical (unpaired) electrons. The number of benzene rings is 1. The Morgan fingerprint density at radius 1 is 1.06 bits per heavy atom. The number of aryl methyl sites for hydroxylation is 1. The van der Waals surface area contributed by atoms with E-state index in [2.05, 4.69) is 16.5 Å². The Kier molecular flexibility index (Phi) is 5.70. The predicted octanol–water partition coefficient (Wildman–Crippen LogP) is 4.13. The molecule has 0 unspecified atom stereocenters. The maximum absolute atomic E-state index is 13.1. The Bertz CT molecular complexity index is 1000. The van der Waals surface area contributed by atoms with Crippen LogP contribution in [0.2, 0.25) is 0 Å². The number of aromatic nitrogens is 1. The minimum absolute atomic E-state index is 0.0156. The summed E-state index contributed by atoms with van der Waals surface area (Å²) in [7, 11) is 2.08. The molecule has 0 aliphatic carbocycles. The molecular weight excluding hydrogens is 419 g/mol. The number of likely N-dealkylation sites (tertiary alicyclic amines) is 1. The lowest BCUT2D eigenvalue weighted by Gasteiger charge is -2.37. The predicted molar refractivity (Wildman–Crippen MR) is 116 cm³/mol. The van der Waals surface area contributed by atoms with E-state index in [1.54, 1.807) is 4.90 Å². The van der Waals surface area contributed by atoms with Crippen LogP contribution in [0.15, 0.2) is 18.2 Å². The molecule has 32 heavy (non-hydrogen) atoms. The molecular formula is C24H30F3N3O2. The molecule has 1 amide bonds. The Balaban J connectivity index is 1.38. The number of piperidine rings is 1. The van der Waals surface area contributed by atoms with Gasteiger partial charge in [-0.3, -0.25) is 9.69 Å². The molecule has 0 atom stereocenters. The van der Waals surface area contributed by atoms with Crippen molar-refractivity contribution in [3.05, 3.63) is 35.0 Å². The number of rotatable bonds is 2. The molecule has 0 bridgehead atoms. The van der Waals surface area contributed by atoms with Crippen LogP contribution >= 0.6 is 0 Å². The second kappa shape index (κ2) is 8.37. The van der Waals surface area contributed by atoms with E-state index in [1.807, 2.05) is 18.2 Å². The van der Waals surface area contributed by atoms with Crippen LogP contribution in [-0.4, -0.2) is 65.3 Å². The van der Waals surface area contributed by atoms with Crippen LogP contribution in [0.4, 0.5) is 13.2 Å². The largest absolute Gasteiger partial charge is 0.391 e. The number of amides is 1. The Labute approximate surface area is 186 Å². The van der Waals surface area contributed by atoms with Crippen molar-refractivity contribution in [3.63, 3.8) is 0 Å². The third-order valence-corrected chi connectivity index (χ3v) is 7.63. The van der Waals surface area contributed by atoms with Crippen LogP contribution in [0, 0.1) is 5.92 Å². The number of alkyl halides is 3. The minimum Gasteiger partial charge on any atom is -0.381 e. The van der Waals surface area contributed by atoms with Gasteiger partial charge in [0.2, 0.25) is 0 Å². The van der Waals surface area contributed by atoms with E-state index in [9.17, 15) is 18.0 Å². The lowest BCUT2D eigenvalue weighted by molar-refractivity contribution is -0.183. The van der Waals surface area contributed by atoms with Crippen LogP contribution in [0.25, 0.3) is 10.9 Å². The first-order valence-corrected chi connectivity index (χ1v) is 11.6. The second-order valence-electron chi connectivity index (χ2n) is 9.39. The van der Waals surface area contributed by atoms with Gasteiger partial charge in [-0.25, -0.2) is 0 Å². The molecule has 5 nitrogen and oxygen atoms in total. The van der Waals surface area contributed by atoms with Gasteiger partial charge in [-0.2, -0.15) is 13.2 Å². The van der Waals surface area contributed by atoms with Crippen molar-refractivity contribution < 1.29 is 22.7 Å². The summed E-state index contributed by atoms with van der Waals surface area (Å²) in [5.74, 6) is -1.46. The topological polar surface area (TPSA) is 37.7 Å². The molecule has 3 aliphatic rings. The number of carbonyl (C=O) groups is 1. The molecule has 1 aromatic carbocycles. The number of nitrogens with zero attached hydrogens (tertiary/aromatic N) is 3. The van der Waals surface area contributed by atoms with Gasteiger partial charge >= 0.3 is 6.18 Å². The van der Waals surface area contributed by atoms with Gasteiger partial charge in [0.05, 0.1) is 5.92 Å². The van der Waals surface area contributed by atoms with Gasteiger partial charge < -0.3 is 14.2 Å². The van der Waals surface area contributed by atoms with E-state index in [0.717, 1.165) is 56.5 Å². The fourth-order valence-electron chi connectivity index (χ4n) is 5.69. The average Bonchev–Trinajstić information content (AvgIpc) is 3.09. The van der Waals surface area contributed by atoms with Crippen LogP contribution < -0.4 is 0 Å². The van der Waals surface area contributed by atoms with Gasteiger partial charge in [-0.05, 0) is 49.4 Å². The molecule has 0 N–H and O–H groups in total. The smallest absolute Gasteiger partial charge is 0.381 e. The highest BCUT2D eigenvalue weighted by molar-refractivity contribution is 5.99. The number of ether oxygens (including phenoxy) is 1. The summed E-state index contributed by atoms with van der Waals surface area (Å²) in [6, 6.07) is 6.30. The van der Waals surface area contributed by atoms with Crippen LogP contribution in [-0.2, 0) is 24.8 Å². The molecule has 0 spiro atoms. The standard InChI is InChI=1S/C24H30F3N3O2/c1-28-21-3-2-16(23(31)29-9-4-17(5-10-29)24(25,26)27)14-19(21)20-15-30(11-6-22(20)28)18-7-12-32-13-8-18/h2-3,14,17-18H,4-13,15H2,1H3. The Hall–Kier alpha value is -2.06. The van der Waals surface area contributed by atoms with Gasteiger partial charge in [0, 0.05) is 81.1 Å². The van der Waals surface area contributed by atoms with E-state index in [0.29, 0.717) is 11.6 Å². The zero-order valence-corrected chi connectivity index (χ0v) is 18.5. The average molecular weight is 450 g/mol. The lowest BCUT2D eigenvalue weighted by Crippen LogP contribution is -2.42. The summed E-state index contributed by atoms with van der Waals surface area (Å²) >= 11 is 0. The van der Waals surface area contributed by atoms with Crippen molar-refractivity contribution in [2.45, 2.75) is 50.9 Å². The molecule has 3 aliphatic heterocycles. The zero-order chi connectivity index (χ0) is 22.5. The Morgan fingerprint density at radius 2 is 1.78 bits per heavy atom. The van der Waals surface area contributed by atoms with Crippen molar-refractivity contribution in [2.24, 2.45) is 13.0 Å². The minimum atomic E-state index is -4.17. The fraction of sp³-hybridized carbons (Fsp3) is 0.625. The molecule has 5 rings (SSSR count). The highest BCUT2D eigenvalue weighted by Crippen LogP contribution is 2.36. The van der Waals surface area contributed by atoms with Gasteiger partial charge in [0.1, 0.15) is 0 Å². The molecule has 2 saturated heterocycles. The van der Waals surface area contributed by atoms with Crippen LogP contribution in [0.5, 0.6) is 0 Å². The quantitative estimate of drug-likeness (QED) is 0.692. The highest BCUT2D eigenvalue weighted by atomic mass is 19.4. The van der Waals surface area contributed by atoms with Gasteiger partial charge in [-0.1, -0.05) is 0 Å². The normalized spacial score (nSPS) is 21.8. The summed E-state index contributed by atoms with van der Waals surface area (Å²) in [5.41, 5.74) is 4.28. The fourth-order valence-corrected chi connectivity index (χ4v) is 5.69. The second-order valence-corrected chi connectivity index (χ2v) is 9.39. The number of fused-ring (bicyclic) bond motifs is 3. The molecule has 4 heterocycles. The van der Waals surface area contributed by atoms with Gasteiger partial charge in [0.25, 0.3) is 5.91 Å². The van der Waals surface area contributed by atoms with E-state index >= 15 is 0 Å². The number of halogens is 3. The van der Waals surface area contributed by atoms with Crippen molar-refractivity contribution in [3.8, 4) is 0 Å². The Morgan fingerprint density at radius 3 is 2.47 bits per heavy atom. The van der Waals surface area contributed by atoms with Gasteiger partial charge in [0.15, 0.2) is 0 Å². The third-order valence-electron chi connectivity index (χ3n) is 7.63. The molecule has 1 aromatic heterocycles. The van der Waals surface area contributed by atoms with E-state index < -0.39 is 12.1 Å². The zero-order valence-electron chi connectivity index (χ0n) is 18.5. The lowest BCUT2D eigenvalue weighted by atomic mass is 9.95. The molecule has 2 aromatic rings. The maximum atomic E-state index is 13.1. The summed E-state index contributed by atoms with van der Waals surface area (Å²) in [6.45, 7) is 3.84. The van der Waals surface area contributed by atoms with Crippen LogP contribution in [0.3, 0.4) is 0 Å². The van der Waals surface area contributed by atoms with Gasteiger partial charge in [-0.15, -0.1) is 0 Å². The SMILES string of the molecule is Cn1c2c(c3cc(C(=O)N4CCC(C(F)(F)F)CC4)ccc31)CN(C1CCOCC1)CC2. The first-order chi connectivity index (χ1) is 15.3. The molecule has 8 heteroatoms. The van der Waals surface area contributed by atoms with Crippen molar-refractivity contribution >= 4 is 16.8 Å². The summed E-state index contributed by atoms with van der Waals surface area (Å²) in [4.78, 5) is 17.2. The molecule has 174 valence electrons. The van der Waals surface area contributed by atoms with Crippen molar-refractivity contribution in [2.75, 3.05) is 32.8 Å². The van der Waals surface area contributed by atoms with Crippen LogP contribution in [0.1, 0.15) is 47.3 Å². The summed E-state index contributed by atoms with van der Waals surface area (Å²) < 4.78 is 46.7.